The molecule has 0 spiro atoms. The highest BCUT2D eigenvalue weighted by Crippen LogP contribution is 2.12. The van der Waals surface area contributed by atoms with Gasteiger partial charge in [0.2, 0.25) is 0 Å². The van der Waals surface area contributed by atoms with Gasteiger partial charge in [0.25, 0.3) is 0 Å². The Balaban J connectivity index is 4.12. The molecule has 82 valence electrons. The molecule has 0 saturated heterocycles. The van der Waals surface area contributed by atoms with Crippen LogP contribution in [0, 0.1) is 0 Å². The second-order valence-corrected chi connectivity index (χ2v) is 5.88. The molecule has 0 fully saturated rings. The lowest BCUT2D eigenvalue weighted by molar-refractivity contribution is -0.117. The highest BCUT2D eigenvalue weighted by Gasteiger charge is 2.36. The molecule has 0 aliphatic heterocycles. The van der Waals surface area contributed by atoms with E-state index in [1.54, 1.807) is 27.2 Å². The average molecular weight is 218 g/mol. The molecule has 0 saturated carbocycles. The van der Waals surface area contributed by atoms with Gasteiger partial charge in [-0.1, -0.05) is 13.0 Å². The van der Waals surface area contributed by atoms with Gasteiger partial charge in [-0.25, -0.2) is 0 Å². The van der Waals surface area contributed by atoms with Crippen molar-refractivity contribution in [2.75, 3.05) is 20.8 Å². The predicted molar refractivity (Wildman–Crippen MR) is 56.0 cm³/mol. The summed E-state index contributed by atoms with van der Waals surface area (Å²) >= 11 is 0. The van der Waals surface area contributed by atoms with Gasteiger partial charge in [-0.2, -0.15) is 0 Å². The van der Waals surface area contributed by atoms with Crippen LogP contribution in [0.1, 0.15) is 13.8 Å². The van der Waals surface area contributed by atoms with E-state index in [1.165, 1.54) is 6.08 Å². The molecule has 0 radical (unpaired) electrons. The van der Waals surface area contributed by atoms with Gasteiger partial charge < -0.3 is 13.3 Å². The maximum Gasteiger partial charge on any atom is 0.500 e. The molecule has 5 heteroatoms. The van der Waals surface area contributed by atoms with Crippen molar-refractivity contribution in [1.82, 2.24) is 0 Å². The second-order valence-electron chi connectivity index (χ2n) is 2.70. The van der Waals surface area contributed by atoms with Crippen molar-refractivity contribution in [3.63, 3.8) is 0 Å². The quantitative estimate of drug-likeness (QED) is 0.478. The van der Waals surface area contributed by atoms with Crippen molar-refractivity contribution in [3.05, 3.63) is 12.2 Å². The average Bonchev–Trinajstić information content (AvgIpc) is 2.21. The molecule has 0 rings (SSSR count). The Labute approximate surface area is 86.2 Å². The van der Waals surface area contributed by atoms with Crippen LogP contribution >= 0.6 is 0 Å². The molecule has 4 nitrogen and oxygen atoms in total. The van der Waals surface area contributed by atoms with Crippen molar-refractivity contribution < 1.29 is 18.1 Å². The van der Waals surface area contributed by atoms with E-state index in [0.717, 1.165) is 0 Å². The van der Waals surface area contributed by atoms with E-state index >= 15 is 0 Å². The summed E-state index contributed by atoms with van der Waals surface area (Å²) in [6.07, 6.45) is 3.15. The van der Waals surface area contributed by atoms with Crippen LogP contribution in [0.2, 0.25) is 6.04 Å². The van der Waals surface area contributed by atoms with Crippen molar-refractivity contribution in [1.29, 1.82) is 0 Å². The number of rotatable bonds is 7. The van der Waals surface area contributed by atoms with E-state index in [2.05, 4.69) is 0 Å². The Kier molecular flexibility index (Phi) is 6.64. The fourth-order valence-corrected chi connectivity index (χ4v) is 2.55. The van der Waals surface area contributed by atoms with Gasteiger partial charge in [-0.3, -0.25) is 4.79 Å². The smallest absolute Gasteiger partial charge is 0.377 e. The summed E-state index contributed by atoms with van der Waals surface area (Å²) in [6, 6.07) is 0.656. The van der Waals surface area contributed by atoms with E-state index in [1.807, 2.05) is 6.92 Å². The first-order valence-corrected chi connectivity index (χ1v) is 6.47. The van der Waals surface area contributed by atoms with Crippen LogP contribution in [0.4, 0.5) is 0 Å². The Morgan fingerprint density at radius 3 is 2.29 bits per heavy atom. The summed E-state index contributed by atoms with van der Waals surface area (Å²) in [5, 5.41) is 0. The number of allylic oxidation sites excluding steroid dienone is 1. The lowest BCUT2D eigenvalue weighted by Gasteiger charge is -2.24. The molecule has 14 heavy (non-hydrogen) atoms. The Morgan fingerprint density at radius 2 is 1.93 bits per heavy atom. The Morgan fingerprint density at radius 1 is 1.36 bits per heavy atom. The number of hydrogen-bond acceptors (Lipinski definition) is 4. The third-order valence-corrected chi connectivity index (χ3v) is 4.54. The minimum atomic E-state index is -2.56. The Bertz CT molecular complexity index is 191. The Hall–Kier alpha value is -0.493. The molecular weight excluding hydrogens is 200 g/mol. The van der Waals surface area contributed by atoms with Crippen LogP contribution in [-0.2, 0) is 18.1 Å². The fourth-order valence-electron chi connectivity index (χ4n) is 1.01. The van der Waals surface area contributed by atoms with Crippen LogP contribution in [0.5, 0.6) is 0 Å². The molecule has 0 aliphatic rings. The molecule has 0 N–H and O–H groups in total. The van der Waals surface area contributed by atoms with E-state index < -0.39 is 8.80 Å². The number of carbonyl (C=O) groups is 1. The predicted octanol–water partition coefficient (Wildman–Crippen LogP) is 1.40. The van der Waals surface area contributed by atoms with Crippen LogP contribution in [0.3, 0.4) is 0 Å². The molecule has 0 aliphatic carbocycles. The highest BCUT2D eigenvalue weighted by atomic mass is 28.4. The SMILES string of the molecule is CC=CC(=O)CO[Si](CC)(OC)OC. The molecule has 0 atom stereocenters. The van der Waals surface area contributed by atoms with Gasteiger partial charge >= 0.3 is 8.80 Å². The van der Waals surface area contributed by atoms with E-state index in [0.29, 0.717) is 6.04 Å². The monoisotopic (exact) mass is 218 g/mol. The van der Waals surface area contributed by atoms with Gasteiger partial charge in [0, 0.05) is 20.3 Å². The molecule has 0 bridgehead atoms. The maximum atomic E-state index is 11.1. The largest absolute Gasteiger partial charge is 0.500 e. The van der Waals surface area contributed by atoms with Gasteiger partial charge in [0.05, 0.1) is 0 Å². The number of hydrogen-bond donors (Lipinski definition) is 0. The first kappa shape index (κ1) is 13.5. The second kappa shape index (κ2) is 6.89. The van der Waals surface area contributed by atoms with Gasteiger partial charge in [0.1, 0.15) is 6.61 Å². The normalized spacial score (nSPS) is 12.3. The first-order chi connectivity index (χ1) is 6.64. The third kappa shape index (κ3) is 4.14. The highest BCUT2D eigenvalue weighted by molar-refractivity contribution is 6.60. The van der Waals surface area contributed by atoms with Crippen LogP contribution in [-0.4, -0.2) is 35.4 Å². The minimum Gasteiger partial charge on any atom is -0.377 e. The van der Waals surface area contributed by atoms with E-state index in [9.17, 15) is 4.79 Å². The summed E-state index contributed by atoms with van der Waals surface area (Å²) < 4.78 is 15.8. The lowest BCUT2D eigenvalue weighted by atomic mass is 10.4. The first-order valence-electron chi connectivity index (χ1n) is 4.54. The van der Waals surface area contributed by atoms with Crippen LogP contribution in [0.15, 0.2) is 12.2 Å². The van der Waals surface area contributed by atoms with Crippen molar-refractivity contribution >= 4 is 14.6 Å². The molecule has 0 heterocycles. The van der Waals surface area contributed by atoms with Crippen molar-refractivity contribution in [2.24, 2.45) is 0 Å². The minimum absolute atomic E-state index is 0.0199. The number of ketones is 1. The summed E-state index contributed by atoms with van der Waals surface area (Å²) in [7, 11) is 0.518. The van der Waals surface area contributed by atoms with E-state index in [-0.39, 0.29) is 12.4 Å². The van der Waals surface area contributed by atoms with Gasteiger partial charge in [-0.15, -0.1) is 0 Å². The van der Waals surface area contributed by atoms with Crippen molar-refractivity contribution in [3.8, 4) is 0 Å². The zero-order chi connectivity index (χ0) is 11.0. The maximum absolute atomic E-state index is 11.1. The van der Waals surface area contributed by atoms with Crippen molar-refractivity contribution in [2.45, 2.75) is 19.9 Å². The van der Waals surface area contributed by atoms with Crippen LogP contribution < -0.4 is 0 Å². The van der Waals surface area contributed by atoms with E-state index in [4.69, 9.17) is 13.3 Å². The zero-order valence-corrected chi connectivity index (χ0v) is 10.2. The number of carbonyl (C=O) groups excluding carboxylic acids is 1. The summed E-state index contributed by atoms with van der Waals surface area (Å²) in [6.45, 7) is 3.72. The summed E-state index contributed by atoms with van der Waals surface area (Å²) in [5.41, 5.74) is 0. The molecule has 0 unspecified atom stereocenters. The fraction of sp³-hybridized carbons (Fsp3) is 0.667. The lowest BCUT2D eigenvalue weighted by Crippen LogP contribution is -2.44. The van der Waals surface area contributed by atoms with Gasteiger partial charge in [0.15, 0.2) is 5.78 Å². The summed E-state index contributed by atoms with van der Waals surface area (Å²) in [4.78, 5) is 11.1. The summed E-state index contributed by atoms with van der Waals surface area (Å²) in [5.74, 6) is -0.0769. The topological polar surface area (TPSA) is 44.8 Å². The molecular formula is C9H18O4Si. The standard InChI is InChI=1S/C9H18O4Si/c1-5-7-9(10)8-13-14(6-2,11-3)12-4/h5,7H,6,8H2,1-4H3. The third-order valence-electron chi connectivity index (χ3n) is 1.84. The molecule has 0 amide bonds. The van der Waals surface area contributed by atoms with Gasteiger partial charge in [-0.05, 0) is 13.0 Å². The van der Waals surface area contributed by atoms with Crippen LogP contribution in [0.25, 0.3) is 0 Å². The zero-order valence-electron chi connectivity index (χ0n) is 9.20. The molecule has 0 aromatic heterocycles. The molecule has 0 aromatic rings. The molecule has 0 aromatic carbocycles.